The summed E-state index contributed by atoms with van der Waals surface area (Å²) in [5.41, 5.74) is 2.25. The number of hydrogen-bond acceptors (Lipinski definition) is 6. The van der Waals surface area contributed by atoms with E-state index in [-0.39, 0.29) is 28.1 Å². The summed E-state index contributed by atoms with van der Waals surface area (Å²) in [5.74, 6) is 0.0802. The van der Waals surface area contributed by atoms with E-state index >= 15 is 0 Å². The van der Waals surface area contributed by atoms with Gasteiger partial charge in [0.2, 0.25) is 0 Å². The van der Waals surface area contributed by atoms with Crippen molar-refractivity contribution in [2.45, 2.75) is 43.9 Å². The third-order valence-electron chi connectivity index (χ3n) is 5.02. The molecule has 1 saturated heterocycles. The Kier molecular flexibility index (Phi) is 6.86. The van der Waals surface area contributed by atoms with Crippen molar-refractivity contribution in [2.24, 2.45) is 0 Å². The van der Waals surface area contributed by atoms with E-state index in [0.717, 1.165) is 5.56 Å². The predicted molar refractivity (Wildman–Crippen MR) is 116 cm³/mol. The van der Waals surface area contributed by atoms with Crippen LogP contribution >= 0.6 is 23.4 Å². The van der Waals surface area contributed by atoms with Crippen LogP contribution in [0.15, 0.2) is 35.6 Å². The second-order valence-electron chi connectivity index (χ2n) is 7.44. The van der Waals surface area contributed by atoms with Crippen molar-refractivity contribution >= 4 is 39.1 Å². The van der Waals surface area contributed by atoms with Crippen LogP contribution in [-0.4, -0.2) is 53.0 Å². The van der Waals surface area contributed by atoms with Crippen molar-refractivity contribution in [2.75, 3.05) is 17.8 Å². The van der Waals surface area contributed by atoms with Gasteiger partial charge in [-0.1, -0.05) is 61.5 Å². The van der Waals surface area contributed by atoms with Crippen LogP contribution in [0.25, 0.3) is 0 Å². The van der Waals surface area contributed by atoms with Gasteiger partial charge in [-0.15, -0.1) is 0 Å². The van der Waals surface area contributed by atoms with Gasteiger partial charge in [0.1, 0.15) is 0 Å². The quantitative estimate of drug-likeness (QED) is 0.488. The molecule has 1 atom stereocenters. The molecule has 1 amide bonds. The number of thioether (sulfide) groups is 1. The van der Waals surface area contributed by atoms with Gasteiger partial charge in [0.25, 0.3) is 5.91 Å². The lowest BCUT2D eigenvalue weighted by Crippen LogP contribution is -2.41. The number of rotatable bonds is 6. The van der Waals surface area contributed by atoms with Crippen molar-refractivity contribution in [3.63, 3.8) is 0 Å². The Morgan fingerprint density at radius 2 is 2.00 bits per heavy atom. The molecule has 0 spiro atoms. The molecule has 6 nitrogen and oxygen atoms in total. The van der Waals surface area contributed by atoms with Crippen LogP contribution in [0, 0.1) is 0 Å². The van der Waals surface area contributed by atoms with E-state index in [1.54, 1.807) is 4.90 Å². The molecule has 1 aliphatic rings. The van der Waals surface area contributed by atoms with Crippen LogP contribution in [0.1, 0.15) is 47.8 Å². The van der Waals surface area contributed by atoms with Gasteiger partial charge in [-0.25, -0.2) is 18.4 Å². The molecule has 1 aromatic heterocycles. The highest BCUT2D eigenvalue weighted by atomic mass is 35.5. The SMILES string of the molecule is CSc1ncc(Cl)c(C(=O)N(Cc2ccc(C(C)C)cc2)[C@@H]2CCS(=O)(=O)C2)n1. The number of carbonyl (C=O) groups is 1. The van der Waals surface area contributed by atoms with Gasteiger partial charge in [0.05, 0.1) is 22.7 Å². The van der Waals surface area contributed by atoms with E-state index in [2.05, 4.69) is 23.8 Å². The maximum atomic E-state index is 13.4. The fourth-order valence-electron chi connectivity index (χ4n) is 3.33. The number of amides is 1. The van der Waals surface area contributed by atoms with Gasteiger partial charge in [-0.05, 0) is 29.7 Å². The minimum Gasteiger partial charge on any atom is -0.329 e. The zero-order valence-corrected chi connectivity index (χ0v) is 19.0. The van der Waals surface area contributed by atoms with Crippen molar-refractivity contribution in [3.8, 4) is 0 Å². The summed E-state index contributed by atoms with van der Waals surface area (Å²) >= 11 is 7.53. The second-order valence-corrected chi connectivity index (χ2v) is 10.8. The number of nitrogens with zero attached hydrogens (tertiary/aromatic N) is 3. The highest BCUT2D eigenvalue weighted by molar-refractivity contribution is 7.98. The molecule has 29 heavy (non-hydrogen) atoms. The summed E-state index contributed by atoms with van der Waals surface area (Å²) in [7, 11) is -3.15. The molecule has 1 aromatic carbocycles. The summed E-state index contributed by atoms with van der Waals surface area (Å²) in [6, 6.07) is 7.64. The largest absolute Gasteiger partial charge is 0.329 e. The van der Waals surface area contributed by atoms with Crippen LogP contribution in [-0.2, 0) is 16.4 Å². The van der Waals surface area contributed by atoms with Crippen LogP contribution in [0.5, 0.6) is 0 Å². The van der Waals surface area contributed by atoms with E-state index < -0.39 is 15.9 Å². The first-order valence-electron chi connectivity index (χ1n) is 9.37. The second kappa shape index (κ2) is 9.02. The predicted octanol–water partition coefficient (Wildman–Crippen LogP) is 3.80. The molecule has 0 bridgehead atoms. The number of aromatic nitrogens is 2. The topological polar surface area (TPSA) is 80.2 Å². The van der Waals surface area contributed by atoms with Gasteiger partial charge in [-0.3, -0.25) is 4.79 Å². The first-order valence-corrected chi connectivity index (χ1v) is 12.8. The number of carbonyl (C=O) groups excluding carboxylic acids is 1. The minimum atomic E-state index is -3.15. The number of benzene rings is 1. The van der Waals surface area contributed by atoms with Crippen molar-refractivity contribution in [1.82, 2.24) is 14.9 Å². The summed E-state index contributed by atoms with van der Waals surface area (Å²) in [4.78, 5) is 23.3. The average Bonchev–Trinajstić information content (AvgIpc) is 3.05. The Bertz CT molecular complexity index is 995. The lowest BCUT2D eigenvalue weighted by molar-refractivity contribution is 0.0674. The lowest BCUT2D eigenvalue weighted by Gasteiger charge is -2.28. The normalized spacial score (nSPS) is 18.2. The number of hydrogen-bond donors (Lipinski definition) is 0. The van der Waals surface area contributed by atoms with Crippen LogP contribution in [0.4, 0.5) is 0 Å². The highest BCUT2D eigenvalue weighted by Crippen LogP contribution is 2.25. The Morgan fingerprint density at radius 1 is 1.31 bits per heavy atom. The maximum absolute atomic E-state index is 13.4. The van der Waals surface area contributed by atoms with Gasteiger partial charge in [-0.2, -0.15) is 0 Å². The van der Waals surface area contributed by atoms with Crippen molar-refractivity contribution in [1.29, 1.82) is 0 Å². The van der Waals surface area contributed by atoms with E-state index in [0.29, 0.717) is 24.0 Å². The Hall–Kier alpha value is -1.64. The van der Waals surface area contributed by atoms with Gasteiger partial charge in [0.15, 0.2) is 20.7 Å². The molecule has 2 heterocycles. The molecule has 156 valence electrons. The smallest absolute Gasteiger partial charge is 0.274 e. The Labute approximate surface area is 181 Å². The van der Waals surface area contributed by atoms with Crippen LogP contribution in [0.3, 0.4) is 0 Å². The van der Waals surface area contributed by atoms with Crippen molar-refractivity contribution in [3.05, 3.63) is 52.3 Å². The zero-order valence-electron chi connectivity index (χ0n) is 16.6. The standard InChI is InChI=1S/C20H24ClN3O3S2/c1-13(2)15-6-4-14(5-7-15)11-24(16-8-9-29(26,27)12-16)19(25)18-17(21)10-22-20(23-18)28-3/h4-7,10,13,16H,8-9,11-12H2,1-3H3/t16-/m1/s1. The third-order valence-corrected chi connectivity index (χ3v) is 7.61. The Balaban J connectivity index is 1.94. The third kappa shape index (κ3) is 5.29. The molecule has 1 fully saturated rings. The monoisotopic (exact) mass is 453 g/mol. The minimum absolute atomic E-state index is 0.0408. The molecule has 0 unspecified atom stereocenters. The van der Waals surface area contributed by atoms with E-state index in [1.807, 2.05) is 30.5 Å². The van der Waals surface area contributed by atoms with E-state index in [9.17, 15) is 13.2 Å². The van der Waals surface area contributed by atoms with E-state index in [4.69, 9.17) is 11.6 Å². The molecule has 2 aromatic rings. The molecule has 0 radical (unpaired) electrons. The molecule has 9 heteroatoms. The fraction of sp³-hybridized carbons (Fsp3) is 0.450. The number of sulfone groups is 1. The van der Waals surface area contributed by atoms with Gasteiger partial charge < -0.3 is 4.90 Å². The van der Waals surface area contributed by atoms with Gasteiger partial charge >= 0.3 is 0 Å². The first-order chi connectivity index (χ1) is 13.7. The van der Waals surface area contributed by atoms with Crippen molar-refractivity contribution < 1.29 is 13.2 Å². The summed E-state index contributed by atoms with van der Waals surface area (Å²) in [6.45, 7) is 4.54. The number of halogens is 1. The van der Waals surface area contributed by atoms with E-state index in [1.165, 1.54) is 23.5 Å². The summed E-state index contributed by atoms with van der Waals surface area (Å²) in [6.07, 6.45) is 3.64. The molecular formula is C20H24ClN3O3S2. The highest BCUT2D eigenvalue weighted by Gasteiger charge is 2.36. The van der Waals surface area contributed by atoms with Gasteiger partial charge in [0, 0.05) is 12.6 Å². The first kappa shape index (κ1) is 22.1. The van der Waals surface area contributed by atoms with Crippen LogP contribution in [0.2, 0.25) is 5.02 Å². The van der Waals surface area contributed by atoms with Crippen LogP contribution < -0.4 is 0 Å². The zero-order chi connectivity index (χ0) is 21.2. The molecule has 3 rings (SSSR count). The Morgan fingerprint density at radius 3 is 2.55 bits per heavy atom. The average molecular weight is 454 g/mol. The summed E-state index contributed by atoms with van der Waals surface area (Å²) in [5, 5.41) is 0.604. The maximum Gasteiger partial charge on any atom is 0.274 e. The summed E-state index contributed by atoms with van der Waals surface area (Å²) < 4.78 is 24.1. The molecule has 0 N–H and O–H groups in total. The fourth-order valence-corrected chi connectivity index (χ4v) is 5.57. The molecule has 1 aliphatic heterocycles. The molecular weight excluding hydrogens is 430 g/mol. The molecule has 0 aliphatic carbocycles. The molecule has 0 saturated carbocycles. The lowest BCUT2D eigenvalue weighted by atomic mass is 10.0.